The van der Waals surface area contributed by atoms with Crippen molar-refractivity contribution >= 4 is 29.9 Å². The number of guanidine groups is 1. The number of likely N-dealkylation sites (N-methyl/N-ethyl adjacent to an activating group) is 1. The summed E-state index contributed by atoms with van der Waals surface area (Å²) >= 11 is 0. The summed E-state index contributed by atoms with van der Waals surface area (Å²) in [4.78, 5) is 9.89. The normalized spacial score (nSPS) is 25.7. The van der Waals surface area contributed by atoms with Gasteiger partial charge < -0.3 is 25.2 Å². The number of ether oxygens (including phenoxy) is 1. The van der Waals surface area contributed by atoms with Crippen molar-refractivity contribution in [1.82, 2.24) is 20.4 Å². The average Bonchev–Trinajstić information content (AvgIpc) is 2.83. The predicted octanol–water partition coefficient (Wildman–Crippen LogP) is 2.64. The maximum absolute atomic E-state index is 6.11. The Morgan fingerprint density at radius 1 is 1.11 bits per heavy atom. The van der Waals surface area contributed by atoms with Crippen LogP contribution >= 0.6 is 24.0 Å². The van der Waals surface area contributed by atoms with E-state index in [-0.39, 0.29) is 29.4 Å². The van der Waals surface area contributed by atoms with Crippen LogP contribution in [0.15, 0.2) is 4.99 Å². The molecule has 0 bridgehead atoms. The quantitative estimate of drug-likeness (QED) is 0.328. The van der Waals surface area contributed by atoms with Gasteiger partial charge in [-0.3, -0.25) is 4.99 Å². The highest BCUT2D eigenvalue weighted by molar-refractivity contribution is 14.0. The summed E-state index contributed by atoms with van der Waals surface area (Å²) in [7, 11) is 2.22. The van der Waals surface area contributed by atoms with E-state index >= 15 is 0 Å². The zero-order valence-corrected chi connectivity index (χ0v) is 21.1. The second-order valence-electron chi connectivity index (χ2n) is 9.20. The molecular formula is C21H44IN5O. The first kappa shape index (κ1) is 25.9. The summed E-state index contributed by atoms with van der Waals surface area (Å²) in [6, 6.07) is 0. The monoisotopic (exact) mass is 509 g/mol. The lowest BCUT2D eigenvalue weighted by Gasteiger charge is -2.39. The SMILES string of the molecule is CCNC(=NCC1CCCOC1C(C)(C)C)NCCN1CCCN(C)CC1.I. The highest BCUT2D eigenvalue weighted by atomic mass is 127. The van der Waals surface area contributed by atoms with Gasteiger partial charge >= 0.3 is 0 Å². The van der Waals surface area contributed by atoms with Crippen LogP contribution in [0.5, 0.6) is 0 Å². The van der Waals surface area contributed by atoms with E-state index in [1.807, 2.05) is 0 Å². The van der Waals surface area contributed by atoms with Crippen molar-refractivity contribution in [3.63, 3.8) is 0 Å². The van der Waals surface area contributed by atoms with E-state index in [9.17, 15) is 0 Å². The number of hydrogen-bond acceptors (Lipinski definition) is 4. The van der Waals surface area contributed by atoms with Gasteiger partial charge in [-0.15, -0.1) is 24.0 Å². The third-order valence-corrected chi connectivity index (χ3v) is 5.66. The molecule has 2 atom stereocenters. The molecule has 2 rings (SSSR count). The molecule has 0 aromatic heterocycles. The van der Waals surface area contributed by atoms with Crippen molar-refractivity contribution in [3.8, 4) is 0 Å². The van der Waals surface area contributed by atoms with Gasteiger partial charge in [-0.2, -0.15) is 0 Å². The third kappa shape index (κ3) is 9.13. The number of nitrogens with one attached hydrogen (secondary N) is 2. The van der Waals surface area contributed by atoms with Crippen LogP contribution in [-0.2, 0) is 4.74 Å². The van der Waals surface area contributed by atoms with E-state index in [1.54, 1.807) is 0 Å². The molecule has 2 fully saturated rings. The summed E-state index contributed by atoms with van der Waals surface area (Å²) in [6.07, 6.45) is 3.93. The van der Waals surface area contributed by atoms with Gasteiger partial charge in [-0.1, -0.05) is 20.8 Å². The fraction of sp³-hybridized carbons (Fsp3) is 0.952. The molecule has 2 N–H and O–H groups in total. The predicted molar refractivity (Wildman–Crippen MR) is 130 cm³/mol. The average molecular weight is 510 g/mol. The lowest BCUT2D eigenvalue weighted by atomic mass is 9.78. The van der Waals surface area contributed by atoms with Crippen molar-refractivity contribution < 1.29 is 4.74 Å². The van der Waals surface area contributed by atoms with Gasteiger partial charge in [0.2, 0.25) is 0 Å². The Morgan fingerprint density at radius 3 is 2.61 bits per heavy atom. The molecular weight excluding hydrogens is 465 g/mol. The number of nitrogens with zero attached hydrogens (tertiary/aromatic N) is 3. The van der Waals surface area contributed by atoms with Crippen LogP contribution in [0.1, 0.15) is 47.0 Å². The molecule has 2 unspecified atom stereocenters. The number of halogens is 1. The summed E-state index contributed by atoms with van der Waals surface area (Å²) in [6.45, 7) is 18.4. The molecule has 0 aliphatic carbocycles. The number of hydrogen-bond donors (Lipinski definition) is 2. The molecule has 0 spiro atoms. The molecule has 0 aromatic rings. The summed E-state index contributed by atoms with van der Waals surface area (Å²) in [5, 5.41) is 6.94. The number of rotatable bonds is 6. The topological polar surface area (TPSA) is 52.1 Å². The molecule has 6 nitrogen and oxygen atoms in total. The van der Waals surface area contributed by atoms with E-state index in [0.29, 0.717) is 12.0 Å². The standard InChI is InChI=1S/C21H43N5O.HI/c1-6-22-20(23-10-13-26-12-8-11-25(5)14-15-26)24-17-18-9-7-16-27-19(18)21(2,3)4;/h18-19H,6-17H2,1-5H3,(H2,22,23,24);1H. The van der Waals surface area contributed by atoms with Gasteiger partial charge in [0.15, 0.2) is 5.96 Å². The van der Waals surface area contributed by atoms with Crippen molar-refractivity contribution in [1.29, 1.82) is 0 Å². The zero-order valence-electron chi connectivity index (χ0n) is 18.8. The van der Waals surface area contributed by atoms with Gasteiger partial charge in [0.05, 0.1) is 6.10 Å². The van der Waals surface area contributed by atoms with E-state index in [1.165, 1.54) is 39.0 Å². The maximum Gasteiger partial charge on any atom is 0.191 e. The minimum Gasteiger partial charge on any atom is -0.377 e. The van der Waals surface area contributed by atoms with Gasteiger partial charge in [-0.05, 0) is 51.7 Å². The summed E-state index contributed by atoms with van der Waals surface area (Å²) < 4.78 is 6.11. The van der Waals surface area contributed by atoms with Crippen LogP contribution in [-0.4, -0.2) is 87.9 Å². The van der Waals surface area contributed by atoms with Crippen LogP contribution in [0.25, 0.3) is 0 Å². The highest BCUT2D eigenvalue weighted by Gasteiger charge is 2.35. The smallest absolute Gasteiger partial charge is 0.191 e. The van der Waals surface area contributed by atoms with Crippen LogP contribution in [0.3, 0.4) is 0 Å². The minimum atomic E-state index is 0. The van der Waals surface area contributed by atoms with Crippen LogP contribution in [0, 0.1) is 11.3 Å². The summed E-state index contributed by atoms with van der Waals surface area (Å²) in [5.41, 5.74) is 0.173. The van der Waals surface area contributed by atoms with Crippen LogP contribution in [0.4, 0.5) is 0 Å². The molecule has 0 radical (unpaired) electrons. The molecule has 2 aliphatic rings. The van der Waals surface area contributed by atoms with Gasteiger partial charge in [-0.25, -0.2) is 0 Å². The van der Waals surface area contributed by atoms with Crippen molar-refractivity contribution in [2.45, 2.75) is 53.1 Å². The van der Waals surface area contributed by atoms with Gasteiger partial charge in [0.25, 0.3) is 0 Å². The molecule has 7 heteroatoms. The molecule has 28 heavy (non-hydrogen) atoms. The largest absolute Gasteiger partial charge is 0.377 e. The second-order valence-corrected chi connectivity index (χ2v) is 9.20. The first-order valence-corrected chi connectivity index (χ1v) is 10.9. The van der Waals surface area contributed by atoms with E-state index in [2.05, 4.69) is 55.2 Å². The minimum absolute atomic E-state index is 0. The Balaban J connectivity index is 0.00000392. The second kappa shape index (κ2) is 13.2. The first-order chi connectivity index (χ1) is 12.9. The van der Waals surface area contributed by atoms with Crippen LogP contribution in [0.2, 0.25) is 0 Å². The molecule has 2 saturated heterocycles. The maximum atomic E-state index is 6.11. The third-order valence-electron chi connectivity index (χ3n) is 5.66. The molecule has 2 heterocycles. The van der Waals surface area contributed by atoms with E-state index < -0.39 is 0 Å². The molecule has 0 amide bonds. The number of aliphatic imine (C=N–C) groups is 1. The lowest BCUT2D eigenvalue weighted by molar-refractivity contribution is -0.0823. The highest BCUT2D eigenvalue weighted by Crippen LogP contribution is 2.34. The Bertz CT molecular complexity index is 455. The summed E-state index contributed by atoms with van der Waals surface area (Å²) in [5.74, 6) is 1.46. The van der Waals surface area contributed by atoms with E-state index in [0.717, 1.165) is 45.2 Å². The Morgan fingerprint density at radius 2 is 1.89 bits per heavy atom. The molecule has 0 aromatic carbocycles. The van der Waals surface area contributed by atoms with Crippen molar-refractivity contribution in [3.05, 3.63) is 0 Å². The van der Waals surface area contributed by atoms with Crippen molar-refractivity contribution in [2.75, 3.05) is 66.0 Å². The zero-order chi connectivity index (χ0) is 19.7. The lowest BCUT2D eigenvalue weighted by Crippen LogP contribution is -2.44. The van der Waals surface area contributed by atoms with Crippen LogP contribution < -0.4 is 10.6 Å². The fourth-order valence-electron chi connectivity index (χ4n) is 4.19. The molecule has 2 aliphatic heterocycles. The van der Waals surface area contributed by atoms with E-state index in [4.69, 9.17) is 9.73 Å². The fourth-order valence-corrected chi connectivity index (χ4v) is 4.19. The first-order valence-electron chi connectivity index (χ1n) is 10.9. The Hall–Kier alpha value is -0.120. The van der Waals surface area contributed by atoms with Crippen molar-refractivity contribution in [2.24, 2.45) is 16.3 Å². The molecule has 0 saturated carbocycles. The van der Waals surface area contributed by atoms with Gasteiger partial charge in [0.1, 0.15) is 0 Å². The molecule has 166 valence electrons. The Kier molecular flexibility index (Phi) is 12.3. The Labute approximate surface area is 190 Å². The van der Waals surface area contributed by atoms with Gasteiger partial charge in [0, 0.05) is 51.8 Å².